The molecule has 0 aliphatic rings. The average Bonchev–Trinajstić information content (AvgIpc) is 2.19. The molecule has 1 aromatic carbocycles. The van der Waals surface area contributed by atoms with Crippen LogP contribution >= 0.6 is 0 Å². The molecule has 70 valence electrons. The SMILES string of the molecule is OCCC/C=C\Cc1ccccc1. The van der Waals surface area contributed by atoms with Gasteiger partial charge in [-0.2, -0.15) is 0 Å². The second-order valence-electron chi connectivity index (χ2n) is 3.03. The first-order valence-corrected chi connectivity index (χ1v) is 4.73. The molecule has 1 nitrogen and oxygen atoms in total. The number of aliphatic hydroxyl groups is 1. The lowest BCUT2D eigenvalue weighted by Gasteiger charge is -1.94. The Hall–Kier alpha value is -1.08. The Morgan fingerprint density at radius 1 is 1.08 bits per heavy atom. The van der Waals surface area contributed by atoms with E-state index < -0.39 is 0 Å². The van der Waals surface area contributed by atoms with Crippen molar-refractivity contribution in [3.63, 3.8) is 0 Å². The van der Waals surface area contributed by atoms with E-state index in [-0.39, 0.29) is 6.61 Å². The van der Waals surface area contributed by atoms with Gasteiger partial charge in [-0.05, 0) is 24.8 Å². The highest BCUT2D eigenvalue weighted by Gasteiger charge is 1.85. The fourth-order valence-electron chi connectivity index (χ4n) is 1.16. The lowest BCUT2D eigenvalue weighted by Crippen LogP contribution is -1.80. The first-order chi connectivity index (χ1) is 6.43. The van der Waals surface area contributed by atoms with Crippen molar-refractivity contribution in [3.8, 4) is 0 Å². The van der Waals surface area contributed by atoms with Crippen LogP contribution in [0.3, 0.4) is 0 Å². The van der Waals surface area contributed by atoms with Gasteiger partial charge in [-0.25, -0.2) is 0 Å². The molecule has 0 aliphatic heterocycles. The summed E-state index contributed by atoms with van der Waals surface area (Å²) >= 11 is 0. The largest absolute Gasteiger partial charge is 0.396 e. The lowest BCUT2D eigenvalue weighted by atomic mass is 10.1. The summed E-state index contributed by atoms with van der Waals surface area (Å²) in [6, 6.07) is 10.4. The summed E-state index contributed by atoms with van der Waals surface area (Å²) in [6.45, 7) is 0.287. The molecule has 0 radical (unpaired) electrons. The molecule has 0 saturated carbocycles. The van der Waals surface area contributed by atoms with Crippen molar-refractivity contribution >= 4 is 0 Å². The van der Waals surface area contributed by atoms with Gasteiger partial charge in [0.15, 0.2) is 0 Å². The summed E-state index contributed by atoms with van der Waals surface area (Å²) in [5.41, 5.74) is 1.34. The topological polar surface area (TPSA) is 20.2 Å². The van der Waals surface area contributed by atoms with E-state index in [2.05, 4.69) is 36.4 Å². The van der Waals surface area contributed by atoms with Crippen molar-refractivity contribution < 1.29 is 5.11 Å². The zero-order chi connectivity index (χ0) is 9.36. The highest BCUT2D eigenvalue weighted by atomic mass is 16.2. The molecule has 0 aromatic heterocycles. The maximum atomic E-state index is 8.55. The first kappa shape index (κ1) is 10.0. The van der Waals surface area contributed by atoms with Gasteiger partial charge in [-0.1, -0.05) is 42.5 Å². The predicted molar refractivity (Wildman–Crippen MR) is 55.6 cm³/mol. The number of unbranched alkanes of at least 4 members (excludes halogenated alkanes) is 1. The molecule has 1 heteroatoms. The van der Waals surface area contributed by atoms with Crippen LogP contribution in [0.2, 0.25) is 0 Å². The molecule has 0 aliphatic carbocycles. The molecule has 0 amide bonds. The monoisotopic (exact) mass is 176 g/mol. The highest BCUT2D eigenvalue weighted by molar-refractivity contribution is 5.17. The van der Waals surface area contributed by atoms with Gasteiger partial charge in [0.1, 0.15) is 0 Å². The number of hydrogen-bond acceptors (Lipinski definition) is 1. The molecule has 0 heterocycles. The molecular weight excluding hydrogens is 160 g/mol. The normalized spacial score (nSPS) is 10.8. The third-order valence-corrected chi connectivity index (χ3v) is 1.89. The van der Waals surface area contributed by atoms with E-state index in [1.807, 2.05) is 6.07 Å². The van der Waals surface area contributed by atoms with Crippen molar-refractivity contribution in [3.05, 3.63) is 48.0 Å². The molecule has 0 atom stereocenters. The third kappa shape index (κ3) is 4.48. The summed E-state index contributed by atoms with van der Waals surface area (Å²) in [5.74, 6) is 0. The van der Waals surface area contributed by atoms with Gasteiger partial charge in [-0.15, -0.1) is 0 Å². The molecule has 13 heavy (non-hydrogen) atoms. The summed E-state index contributed by atoms with van der Waals surface area (Å²) in [7, 11) is 0. The van der Waals surface area contributed by atoms with Gasteiger partial charge in [0.05, 0.1) is 0 Å². The van der Waals surface area contributed by atoms with Crippen LogP contribution in [0, 0.1) is 0 Å². The van der Waals surface area contributed by atoms with Crippen molar-refractivity contribution in [2.45, 2.75) is 19.3 Å². The second kappa shape index (κ2) is 6.44. The Morgan fingerprint density at radius 3 is 2.54 bits per heavy atom. The van der Waals surface area contributed by atoms with Crippen molar-refractivity contribution in [2.75, 3.05) is 6.61 Å². The molecule has 0 unspecified atom stereocenters. The molecule has 1 aromatic rings. The van der Waals surface area contributed by atoms with Crippen molar-refractivity contribution in [2.24, 2.45) is 0 Å². The Labute approximate surface area is 79.7 Å². The number of aliphatic hydroxyl groups excluding tert-OH is 1. The van der Waals surface area contributed by atoms with E-state index in [1.54, 1.807) is 0 Å². The van der Waals surface area contributed by atoms with Gasteiger partial charge < -0.3 is 5.11 Å². The van der Waals surface area contributed by atoms with E-state index in [9.17, 15) is 0 Å². The number of benzene rings is 1. The molecule has 1 N–H and O–H groups in total. The van der Waals surface area contributed by atoms with Crippen LogP contribution in [-0.2, 0) is 6.42 Å². The van der Waals surface area contributed by atoms with Crippen LogP contribution in [0.15, 0.2) is 42.5 Å². The average molecular weight is 176 g/mol. The van der Waals surface area contributed by atoms with E-state index in [0.717, 1.165) is 19.3 Å². The van der Waals surface area contributed by atoms with Crippen molar-refractivity contribution in [1.29, 1.82) is 0 Å². The quantitative estimate of drug-likeness (QED) is 0.540. The molecular formula is C12H16O. The van der Waals surface area contributed by atoms with Crippen LogP contribution in [0.25, 0.3) is 0 Å². The Morgan fingerprint density at radius 2 is 1.85 bits per heavy atom. The fraction of sp³-hybridized carbons (Fsp3) is 0.333. The van der Waals surface area contributed by atoms with Crippen LogP contribution < -0.4 is 0 Å². The number of rotatable bonds is 5. The Bertz CT molecular complexity index is 239. The first-order valence-electron chi connectivity index (χ1n) is 4.73. The fourth-order valence-corrected chi connectivity index (χ4v) is 1.16. The van der Waals surface area contributed by atoms with Crippen LogP contribution in [0.5, 0.6) is 0 Å². The summed E-state index contributed by atoms with van der Waals surface area (Å²) in [5, 5.41) is 8.55. The lowest BCUT2D eigenvalue weighted by molar-refractivity contribution is 0.289. The maximum Gasteiger partial charge on any atom is 0.0433 e. The van der Waals surface area contributed by atoms with Crippen LogP contribution in [0.4, 0.5) is 0 Å². The summed E-state index contributed by atoms with van der Waals surface area (Å²) in [6.07, 6.45) is 7.12. The van der Waals surface area contributed by atoms with E-state index in [1.165, 1.54) is 5.56 Å². The molecule has 0 fully saturated rings. The zero-order valence-electron chi connectivity index (χ0n) is 7.82. The number of hydrogen-bond donors (Lipinski definition) is 1. The molecule has 0 saturated heterocycles. The minimum atomic E-state index is 0.287. The summed E-state index contributed by atoms with van der Waals surface area (Å²) in [4.78, 5) is 0. The highest BCUT2D eigenvalue weighted by Crippen LogP contribution is 2.00. The van der Waals surface area contributed by atoms with Gasteiger partial charge in [-0.3, -0.25) is 0 Å². The molecule has 0 spiro atoms. The van der Waals surface area contributed by atoms with Gasteiger partial charge in [0.2, 0.25) is 0 Å². The minimum Gasteiger partial charge on any atom is -0.396 e. The minimum absolute atomic E-state index is 0.287. The molecule has 1 rings (SSSR count). The van der Waals surface area contributed by atoms with E-state index in [4.69, 9.17) is 5.11 Å². The maximum absolute atomic E-state index is 8.55. The molecule has 0 bridgehead atoms. The summed E-state index contributed by atoms with van der Waals surface area (Å²) < 4.78 is 0. The van der Waals surface area contributed by atoms with E-state index >= 15 is 0 Å². The second-order valence-corrected chi connectivity index (χ2v) is 3.03. The van der Waals surface area contributed by atoms with Crippen molar-refractivity contribution in [1.82, 2.24) is 0 Å². The van der Waals surface area contributed by atoms with Crippen LogP contribution in [0.1, 0.15) is 18.4 Å². The van der Waals surface area contributed by atoms with E-state index in [0.29, 0.717) is 0 Å². The smallest absolute Gasteiger partial charge is 0.0433 e. The number of allylic oxidation sites excluding steroid dienone is 2. The Kier molecular flexibility index (Phi) is 4.95. The Balaban J connectivity index is 2.23. The third-order valence-electron chi connectivity index (χ3n) is 1.89. The van der Waals surface area contributed by atoms with Gasteiger partial charge >= 0.3 is 0 Å². The van der Waals surface area contributed by atoms with Gasteiger partial charge in [0, 0.05) is 6.61 Å². The predicted octanol–water partition coefficient (Wildman–Crippen LogP) is 2.56. The zero-order valence-corrected chi connectivity index (χ0v) is 7.82. The van der Waals surface area contributed by atoms with Crippen LogP contribution in [-0.4, -0.2) is 11.7 Å². The van der Waals surface area contributed by atoms with Gasteiger partial charge in [0.25, 0.3) is 0 Å². The standard InChI is InChI=1S/C12H16O/c13-11-7-2-1-4-8-12-9-5-3-6-10-12/h1,3-6,9-10,13H,2,7-8,11H2/b4-1-.